The van der Waals surface area contributed by atoms with Gasteiger partial charge in [0, 0.05) is 23.2 Å². The van der Waals surface area contributed by atoms with Crippen LogP contribution in [0.4, 0.5) is 0 Å². The van der Waals surface area contributed by atoms with Crippen molar-refractivity contribution in [2.24, 2.45) is 5.92 Å². The number of rotatable bonds is 2. The molecule has 1 aliphatic heterocycles. The third-order valence-corrected chi connectivity index (χ3v) is 5.77. The van der Waals surface area contributed by atoms with Gasteiger partial charge < -0.3 is 4.42 Å². The maximum absolute atomic E-state index is 12.8. The Hall–Kier alpha value is -1.32. The molecule has 4 heteroatoms. The Morgan fingerprint density at radius 2 is 2.00 bits per heavy atom. The number of fused-ring (bicyclic) bond motifs is 2. The van der Waals surface area contributed by atoms with Crippen LogP contribution in [0, 0.1) is 5.92 Å². The van der Waals surface area contributed by atoms with Crippen LogP contribution in [-0.4, -0.2) is 17.5 Å². The van der Waals surface area contributed by atoms with Crippen molar-refractivity contribution in [2.45, 2.75) is 51.1 Å². The van der Waals surface area contributed by atoms with E-state index in [0.717, 1.165) is 18.0 Å². The highest BCUT2D eigenvalue weighted by Gasteiger charge is 2.33. The fourth-order valence-corrected chi connectivity index (χ4v) is 4.57. The molecule has 3 nitrogen and oxygen atoms in total. The minimum absolute atomic E-state index is 0.0617. The number of piperidine rings is 1. The van der Waals surface area contributed by atoms with E-state index in [9.17, 15) is 4.79 Å². The lowest BCUT2D eigenvalue weighted by Crippen LogP contribution is -2.46. The number of likely N-dealkylation sites (tertiary alicyclic amines) is 1. The summed E-state index contributed by atoms with van der Waals surface area (Å²) in [7, 11) is 0. The fraction of sp³-hybridized carbons (Fsp3) is 0.526. The zero-order valence-corrected chi connectivity index (χ0v) is 14.0. The summed E-state index contributed by atoms with van der Waals surface area (Å²) in [6, 6.07) is 5.88. The highest BCUT2D eigenvalue weighted by Crippen LogP contribution is 2.35. The third-order valence-electron chi connectivity index (χ3n) is 5.54. The number of nitrogens with zero attached hydrogens (tertiary/aromatic N) is 1. The first kappa shape index (κ1) is 15.2. The molecule has 4 rings (SSSR count). The van der Waals surface area contributed by atoms with Crippen LogP contribution in [-0.2, 0) is 6.54 Å². The minimum atomic E-state index is 0.0617. The predicted octanol–water partition coefficient (Wildman–Crippen LogP) is 4.60. The Morgan fingerprint density at radius 3 is 2.91 bits per heavy atom. The number of halogens is 1. The molecule has 2 atom stereocenters. The first-order valence-corrected chi connectivity index (χ1v) is 9.04. The summed E-state index contributed by atoms with van der Waals surface area (Å²) >= 11 is 6.04. The second-order valence-electron chi connectivity index (χ2n) is 6.96. The van der Waals surface area contributed by atoms with Crippen LogP contribution < -0.4 is 5.43 Å². The van der Waals surface area contributed by atoms with E-state index in [1.807, 2.05) is 0 Å². The number of benzene rings is 1. The standard InChI is InChI=1S/C19H22ClNO2/c20-15-7-8-18-16(10-15)19(22)14(12-23-18)11-21-9-3-5-13-4-1-2-6-17(13)21/h7-8,10,12-13,17H,1-6,9,11H2/t13-,17+/m1/s1. The highest BCUT2D eigenvalue weighted by atomic mass is 35.5. The molecular weight excluding hydrogens is 310 g/mol. The van der Waals surface area contributed by atoms with Gasteiger partial charge in [-0.3, -0.25) is 9.69 Å². The maximum atomic E-state index is 12.8. The van der Waals surface area contributed by atoms with Gasteiger partial charge in [0.1, 0.15) is 5.58 Å². The molecule has 1 aromatic carbocycles. The van der Waals surface area contributed by atoms with E-state index in [2.05, 4.69) is 4.90 Å². The molecule has 1 aromatic heterocycles. The monoisotopic (exact) mass is 331 g/mol. The lowest BCUT2D eigenvalue weighted by molar-refractivity contribution is 0.0541. The minimum Gasteiger partial charge on any atom is -0.464 e. The summed E-state index contributed by atoms with van der Waals surface area (Å²) in [6.07, 6.45) is 9.55. The summed E-state index contributed by atoms with van der Waals surface area (Å²) in [5.74, 6) is 0.819. The Labute approximate surface area is 141 Å². The van der Waals surface area contributed by atoms with E-state index in [1.54, 1.807) is 24.5 Å². The van der Waals surface area contributed by atoms with Gasteiger partial charge in [0.05, 0.1) is 11.6 Å². The molecule has 2 heterocycles. The average molecular weight is 332 g/mol. The first-order valence-electron chi connectivity index (χ1n) is 8.66. The van der Waals surface area contributed by atoms with Crippen molar-refractivity contribution < 1.29 is 4.42 Å². The van der Waals surface area contributed by atoms with Gasteiger partial charge in [-0.1, -0.05) is 24.4 Å². The number of hydrogen-bond donors (Lipinski definition) is 0. The van der Waals surface area contributed by atoms with E-state index >= 15 is 0 Å². The largest absolute Gasteiger partial charge is 0.464 e. The van der Waals surface area contributed by atoms with Gasteiger partial charge in [0.2, 0.25) is 0 Å². The van der Waals surface area contributed by atoms with E-state index < -0.39 is 0 Å². The van der Waals surface area contributed by atoms with Crippen molar-refractivity contribution in [1.82, 2.24) is 4.90 Å². The van der Waals surface area contributed by atoms with E-state index in [-0.39, 0.29) is 5.43 Å². The quantitative estimate of drug-likeness (QED) is 0.806. The summed E-state index contributed by atoms with van der Waals surface area (Å²) in [4.78, 5) is 15.3. The molecule has 0 spiro atoms. The molecule has 23 heavy (non-hydrogen) atoms. The van der Waals surface area contributed by atoms with Gasteiger partial charge in [-0.2, -0.15) is 0 Å². The molecule has 0 radical (unpaired) electrons. The molecule has 1 aliphatic carbocycles. The van der Waals surface area contributed by atoms with Crippen LogP contribution in [0.15, 0.2) is 33.7 Å². The van der Waals surface area contributed by atoms with Crippen LogP contribution in [0.25, 0.3) is 11.0 Å². The molecule has 2 aromatic rings. The van der Waals surface area contributed by atoms with E-state index in [4.69, 9.17) is 16.0 Å². The van der Waals surface area contributed by atoms with E-state index in [1.165, 1.54) is 38.5 Å². The summed E-state index contributed by atoms with van der Waals surface area (Å²) in [5.41, 5.74) is 1.43. The van der Waals surface area contributed by atoms with Gasteiger partial charge >= 0.3 is 0 Å². The van der Waals surface area contributed by atoms with Gasteiger partial charge in [-0.25, -0.2) is 0 Å². The molecule has 1 saturated carbocycles. The van der Waals surface area contributed by atoms with Crippen molar-refractivity contribution >= 4 is 22.6 Å². The molecule has 2 fully saturated rings. The molecular formula is C19H22ClNO2. The van der Waals surface area contributed by atoms with Crippen molar-refractivity contribution in [3.63, 3.8) is 0 Å². The molecule has 122 valence electrons. The lowest BCUT2D eigenvalue weighted by atomic mass is 9.78. The van der Waals surface area contributed by atoms with Crippen LogP contribution in [0.2, 0.25) is 5.02 Å². The first-order chi connectivity index (χ1) is 11.2. The molecule has 0 bridgehead atoms. The normalized spacial score (nSPS) is 25.4. The SMILES string of the molecule is O=c1c(CN2CCC[C@H]3CCCC[C@@H]32)coc2ccc(Cl)cc12. The molecule has 0 unspecified atom stereocenters. The second-order valence-corrected chi connectivity index (χ2v) is 7.39. The van der Waals surface area contributed by atoms with Crippen molar-refractivity contribution in [2.75, 3.05) is 6.54 Å². The topological polar surface area (TPSA) is 33.5 Å². The summed E-state index contributed by atoms with van der Waals surface area (Å²) < 4.78 is 5.67. The van der Waals surface area contributed by atoms with Crippen molar-refractivity contribution in [3.8, 4) is 0 Å². The maximum Gasteiger partial charge on any atom is 0.197 e. The van der Waals surface area contributed by atoms with Crippen molar-refractivity contribution in [3.05, 3.63) is 45.3 Å². The highest BCUT2D eigenvalue weighted by molar-refractivity contribution is 6.31. The lowest BCUT2D eigenvalue weighted by Gasteiger charge is -2.44. The summed E-state index contributed by atoms with van der Waals surface area (Å²) in [5, 5.41) is 1.17. The smallest absolute Gasteiger partial charge is 0.197 e. The van der Waals surface area contributed by atoms with Crippen LogP contribution in [0.5, 0.6) is 0 Å². The fourth-order valence-electron chi connectivity index (χ4n) is 4.40. The molecule has 0 N–H and O–H groups in total. The number of hydrogen-bond acceptors (Lipinski definition) is 3. The zero-order valence-electron chi connectivity index (χ0n) is 13.3. The van der Waals surface area contributed by atoms with E-state index in [0.29, 0.717) is 28.6 Å². The zero-order chi connectivity index (χ0) is 15.8. The Kier molecular flexibility index (Phi) is 4.16. The predicted molar refractivity (Wildman–Crippen MR) is 92.9 cm³/mol. The summed E-state index contributed by atoms with van der Waals surface area (Å²) in [6.45, 7) is 1.79. The van der Waals surface area contributed by atoms with Gasteiger partial charge in [-0.05, 0) is 56.3 Å². The molecule has 2 aliphatic rings. The van der Waals surface area contributed by atoms with Gasteiger partial charge in [-0.15, -0.1) is 0 Å². The molecule has 0 amide bonds. The Balaban J connectivity index is 1.64. The van der Waals surface area contributed by atoms with Gasteiger partial charge in [0.15, 0.2) is 5.43 Å². The van der Waals surface area contributed by atoms with Crippen LogP contribution >= 0.6 is 11.6 Å². The Morgan fingerprint density at radius 1 is 1.17 bits per heavy atom. The van der Waals surface area contributed by atoms with Crippen LogP contribution in [0.1, 0.15) is 44.1 Å². The third kappa shape index (κ3) is 2.92. The van der Waals surface area contributed by atoms with Crippen molar-refractivity contribution in [1.29, 1.82) is 0 Å². The van der Waals surface area contributed by atoms with Gasteiger partial charge in [0.25, 0.3) is 0 Å². The second kappa shape index (κ2) is 6.29. The average Bonchev–Trinajstić information content (AvgIpc) is 2.58. The molecule has 1 saturated heterocycles. The van der Waals surface area contributed by atoms with Crippen LogP contribution in [0.3, 0.4) is 0 Å². The Bertz CT molecular complexity index is 768.